The summed E-state index contributed by atoms with van der Waals surface area (Å²) < 4.78 is 5.03. The Morgan fingerprint density at radius 1 is 1.64 bits per heavy atom. The number of fused-ring (bicyclic) bond motifs is 1. The molecule has 2 aliphatic rings. The average Bonchev–Trinajstić information content (AvgIpc) is 3.19. The minimum Gasteiger partial charge on any atom is -0.460 e. The van der Waals surface area contributed by atoms with Crippen LogP contribution in [-0.2, 0) is 14.3 Å². The molecule has 0 aromatic carbocycles. The molecule has 0 radical (unpaired) electrons. The first-order valence-electron chi connectivity index (χ1n) is 8.03. The Balaban J connectivity index is 1.78. The van der Waals surface area contributed by atoms with Crippen LogP contribution in [0.4, 0.5) is 0 Å². The number of nitrogens with zero attached hydrogens (tertiary/aromatic N) is 2. The SMILES string of the molecule is C=CCOC(=O)C1C(SC(C)c2ncc[nH]2)S[C@H]2C(C(C)O)C(=O)N12. The van der Waals surface area contributed by atoms with Crippen LogP contribution in [0, 0.1) is 5.92 Å². The molecule has 2 saturated heterocycles. The number of hydrogen-bond donors (Lipinski definition) is 2. The highest BCUT2D eigenvalue weighted by molar-refractivity contribution is 8.17. The number of aliphatic hydroxyl groups excluding tert-OH is 1. The van der Waals surface area contributed by atoms with Crippen LogP contribution >= 0.6 is 23.5 Å². The van der Waals surface area contributed by atoms with E-state index < -0.39 is 24.0 Å². The molecule has 5 unspecified atom stereocenters. The molecule has 0 bridgehead atoms. The Morgan fingerprint density at radius 3 is 3.00 bits per heavy atom. The van der Waals surface area contributed by atoms with Crippen molar-refractivity contribution in [1.29, 1.82) is 0 Å². The predicted octanol–water partition coefficient (Wildman–Crippen LogP) is 1.54. The monoisotopic (exact) mass is 383 g/mol. The zero-order chi connectivity index (χ0) is 18.1. The highest BCUT2D eigenvalue weighted by Crippen LogP contribution is 2.54. The lowest BCUT2D eigenvalue weighted by Crippen LogP contribution is -2.64. The van der Waals surface area contributed by atoms with Crippen molar-refractivity contribution in [3.05, 3.63) is 30.9 Å². The summed E-state index contributed by atoms with van der Waals surface area (Å²) in [5.74, 6) is -0.279. The first kappa shape index (κ1) is 18.3. The van der Waals surface area contributed by atoms with Crippen molar-refractivity contribution in [2.45, 2.75) is 41.2 Å². The number of hydrogen-bond acceptors (Lipinski definition) is 7. The summed E-state index contributed by atoms with van der Waals surface area (Å²) in [4.78, 5) is 33.8. The fourth-order valence-corrected chi connectivity index (χ4v) is 6.76. The summed E-state index contributed by atoms with van der Waals surface area (Å²) in [6.45, 7) is 7.26. The number of ether oxygens (including phenoxy) is 1. The van der Waals surface area contributed by atoms with E-state index in [0.717, 1.165) is 5.82 Å². The summed E-state index contributed by atoms with van der Waals surface area (Å²) >= 11 is 3.10. The van der Waals surface area contributed by atoms with Crippen molar-refractivity contribution in [3.8, 4) is 0 Å². The van der Waals surface area contributed by atoms with Crippen LogP contribution in [0.3, 0.4) is 0 Å². The van der Waals surface area contributed by atoms with Gasteiger partial charge in [0.1, 0.15) is 12.4 Å². The second-order valence-electron chi connectivity index (χ2n) is 6.02. The third kappa shape index (κ3) is 3.32. The zero-order valence-electron chi connectivity index (χ0n) is 14.0. The first-order valence-corrected chi connectivity index (χ1v) is 9.92. The van der Waals surface area contributed by atoms with Gasteiger partial charge in [-0.05, 0) is 13.8 Å². The highest BCUT2D eigenvalue weighted by atomic mass is 32.2. The van der Waals surface area contributed by atoms with Crippen molar-refractivity contribution < 1.29 is 19.4 Å². The summed E-state index contributed by atoms with van der Waals surface area (Å²) in [5.41, 5.74) is 0. The summed E-state index contributed by atoms with van der Waals surface area (Å²) in [6, 6.07) is -0.667. The number of amides is 1. The van der Waals surface area contributed by atoms with Gasteiger partial charge in [-0.15, -0.1) is 23.5 Å². The number of imidazole rings is 1. The third-order valence-electron chi connectivity index (χ3n) is 4.30. The molecule has 1 amide bonds. The maximum atomic E-state index is 12.5. The molecule has 9 heteroatoms. The lowest BCUT2D eigenvalue weighted by Gasteiger charge is -2.44. The molecule has 3 heterocycles. The second kappa shape index (κ2) is 7.43. The Kier molecular flexibility index (Phi) is 5.45. The number of carbonyl (C=O) groups is 2. The third-order valence-corrected chi connectivity index (χ3v) is 7.45. The Bertz CT molecular complexity index is 652. The Hall–Kier alpha value is -1.45. The molecule has 136 valence electrons. The smallest absolute Gasteiger partial charge is 0.331 e. The normalized spacial score (nSPS) is 30.4. The lowest BCUT2D eigenvalue weighted by atomic mass is 9.91. The van der Waals surface area contributed by atoms with E-state index in [2.05, 4.69) is 16.5 Å². The van der Waals surface area contributed by atoms with E-state index in [9.17, 15) is 14.7 Å². The van der Waals surface area contributed by atoms with Crippen molar-refractivity contribution >= 4 is 35.4 Å². The molecule has 2 aliphatic heterocycles. The molecule has 2 N–H and O–H groups in total. The van der Waals surface area contributed by atoms with Crippen molar-refractivity contribution in [2.75, 3.05) is 6.61 Å². The van der Waals surface area contributed by atoms with E-state index in [-0.39, 0.29) is 27.7 Å². The average molecular weight is 383 g/mol. The van der Waals surface area contributed by atoms with Crippen molar-refractivity contribution in [3.63, 3.8) is 0 Å². The molecule has 3 rings (SSSR count). The van der Waals surface area contributed by atoms with Crippen molar-refractivity contribution in [1.82, 2.24) is 14.9 Å². The fraction of sp³-hybridized carbons (Fsp3) is 0.562. The molecule has 25 heavy (non-hydrogen) atoms. The standard InChI is InChI=1S/C16H21N3O4S2/c1-4-7-23-15(22)11-16(24-9(3)12-17-5-6-18-12)25-14-10(8(2)20)13(21)19(11)14/h4-6,8-11,14,16,20H,1,7H2,2-3H3,(H,17,18)/t8?,9?,10?,11?,14-,16?/m0/s1. The van der Waals surface area contributed by atoms with Crippen molar-refractivity contribution in [2.24, 2.45) is 5.92 Å². The summed E-state index contributed by atoms with van der Waals surface area (Å²) in [7, 11) is 0. The first-order chi connectivity index (χ1) is 12.0. The largest absolute Gasteiger partial charge is 0.460 e. The highest BCUT2D eigenvalue weighted by Gasteiger charge is 2.62. The molecule has 7 nitrogen and oxygen atoms in total. The number of carbonyl (C=O) groups excluding carboxylic acids is 2. The van der Waals surface area contributed by atoms with Crippen LogP contribution in [0.25, 0.3) is 0 Å². The van der Waals surface area contributed by atoms with Gasteiger partial charge in [0.05, 0.1) is 27.2 Å². The number of thioether (sulfide) groups is 2. The van der Waals surface area contributed by atoms with Crippen LogP contribution in [0.1, 0.15) is 24.9 Å². The summed E-state index contributed by atoms with van der Waals surface area (Å²) in [5, 5.41) is 9.69. The van der Waals surface area contributed by atoms with Crippen LogP contribution in [0.5, 0.6) is 0 Å². The van der Waals surface area contributed by atoms with Gasteiger partial charge in [0.15, 0.2) is 6.04 Å². The molecule has 0 aliphatic carbocycles. The minimum atomic E-state index is -0.739. The van der Waals surface area contributed by atoms with Crippen LogP contribution in [0.15, 0.2) is 25.0 Å². The maximum absolute atomic E-state index is 12.5. The number of aromatic amines is 1. The molecule has 2 fully saturated rings. The molecular formula is C16H21N3O4S2. The van der Waals surface area contributed by atoms with E-state index in [4.69, 9.17) is 4.74 Å². The van der Waals surface area contributed by atoms with Gasteiger partial charge in [-0.2, -0.15) is 0 Å². The maximum Gasteiger partial charge on any atom is 0.331 e. The van der Waals surface area contributed by atoms with Gasteiger partial charge in [0.25, 0.3) is 0 Å². The fourth-order valence-electron chi connectivity index (χ4n) is 3.07. The number of rotatable bonds is 7. The number of H-pyrrole nitrogens is 1. The second-order valence-corrected chi connectivity index (χ2v) is 9.07. The van der Waals surface area contributed by atoms with Gasteiger partial charge >= 0.3 is 5.97 Å². The van der Waals surface area contributed by atoms with Gasteiger partial charge in [-0.25, -0.2) is 9.78 Å². The molecule has 0 spiro atoms. The molecule has 1 aromatic heterocycles. The minimum absolute atomic E-state index is 0.0287. The van der Waals surface area contributed by atoms with Crippen LogP contribution in [0.2, 0.25) is 0 Å². The summed E-state index contributed by atoms with van der Waals surface area (Å²) in [6.07, 6.45) is 4.20. The quantitative estimate of drug-likeness (QED) is 0.419. The van der Waals surface area contributed by atoms with E-state index in [1.54, 1.807) is 36.0 Å². The number of esters is 1. The van der Waals surface area contributed by atoms with E-state index in [1.165, 1.54) is 17.8 Å². The zero-order valence-corrected chi connectivity index (χ0v) is 15.6. The number of aliphatic hydroxyl groups is 1. The number of nitrogens with one attached hydrogen (secondary N) is 1. The molecule has 1 aromatic rings. The topological polar surface area (TPSA) is 95.5 Å². The van der Waals surface area contributed by atoms with Gasteiger partial charge in [0, 0.05) is 12.4 Å². The van der Waals surface area contributed by atoms with Gasteiger partial charge in [-0.3, -0.25) is 4.79 Å². The molecule has 0 saturated carbocycles. The van der Waals surface area contributed by atoms with Gasteiger partial charge < -0.3 is 19.7 Å². The molecule has 6 atom stereocenters. The van der Waals surface area contributed by atoms with Crippen LogP contribution < -0.4 is 0 Å². The van der Waals surface area contributed by atoms with Crippen LogP contribution in [-0.4, -0.2) is 60.6 Å². The Morgan fingerprint density at radius 2 is 2.40 bits per heavy atom. The molecular weight excluding hydrogens is 362 g/mol. The van der Waals surface area contributed by atoms with Gasteiger partial charge in [-0.1, -0.05) is 12.7 Å². The lowest BCUT2D eigenvalue weighted by molar-refractivity contribution is -0.168. The van der Waals surface area contributed by atoms with Gasteiger partial charge in [0.2, 0.25) is 5.91 Å². The van der Waals surface area contributed by atoms with E-state index >= 15 is 0 Å². The van der Waals surface area contributed by atoms with E-state index in [1.807, 2.05) is 6.92 Å². The predicted molar refractivity (Wildman–Crippen MR) is 96.7 cm³/mol. The number of β-lactam (4-membered cyclic amide) rings is 1. The number of aromatic nitrogens is 2. The Labute approximate surface area is 154 Å². The van der Waals surface area contributed by atoms with E-state index in [0.29, 0.717) is 0 Å².